The van der Waals surface area contributed by atoms with Crippen molar-refractivity contribution in [3.8, 4) is 5.75 Å². The molecule has 0 atom stereocenters. The average Bonchev–Trinajstić information content (AvgIpc) is 3.27. The molecule has 4 heterocycles. The van der Waals surface area contributed by atoms with Crippen molar-refractivity contribution in [1.82, 2.24) is 34.5 Å². The Morgan fingerprint density at radius 3 is 2.24 bits per heavy atom. The van der Waals surface area contributed by atoms with E-state index in [-0.39, 0.29) is 30.6 Å². The maximum Gasteiger partial charge on any atom is 0.312 e. The summed E-state index contributed by atoms with van der Waals surface area (Å²) < 4.78 is 15.1. The number of fused-ring (bicyclic) bond motifs is 2. The van der Waals surface area contributed by atoms with Gasteiger partial charge in [0.25, 0.3) is 11.5 Å². The van der Waals surface area contributed by atoms with Gasteiger partial charge in [-0.3, -0.25) is 33.4 Å². The molecule has 2 N–H and O–H groups in total. The number of carbonyl (C=O) groups is 4. The number of nitrogens with zero attached hydrogens (tertiary/aromatic N) is 6. The highest BCUT2D eigenvalue weighted by Crippen LogP contribution is 2.50. The molecule has 1 aliphatic carbocycles. The Morgan fingerprint density at radius 2 is 1.67 bits per heavy atom. The Hall–Kier alpha value is -4.33. The topological polar surface area (TPSA) is 148 Å². The zero-order chi connectivity index (χ0) is 32.8. The molecule has 6 rings (SSSR count). The lowest BCUT2D eigenvalue weighted by Gasteiger charge is -2.52. The van der Waals surface area contributed by atoms with E-state index in [1.807, 2.05) is 0 Å². The summed E-state index contributed by atoms with van der Waals surface area (Å²) in [4.78, 5) is 76.7. The first-order valence-corrected chi connectivity index (χ1v) is 15.1. The molecular weight excluding hydrogens is 585 g/mol. The van der Waals surface area contributed by atoms with E-state index in [2.05, 4.69) is 15.2 Å². The zero-order valence-electron chi connectivity index (χ0n) is 26.4. The van der Waals surface area contributed by atoms with E-state index in [1.165, 1.54) is 54.6 Å². The summed E-state index contributed by atoms with van der Waals surface area (Å²) in [5.74, 6) is -3.40. The number of aromatic hydroxyl groups is 1. The fourth-order valence-electron chi connectivity index (χ4n) is 7.02. The van der Waals surface area contributed by atoms with Crippen LogP contribution in [-0.2, 0) is 33.0 Å². The Balaban J connectivity index is 1.56. The third-order valence-electron chi connectivity index (χ3n) is 9.84. The number of aryl methyl sites for hydroxylation is 1. The summed E-state index contributed by atoms with van der Waals surface area (Å²) in [5, 5.41) is 13.7. The summed E-state index contributed by atoms with van der Waals surface area (Å²) in [6.45, 7) is 5.55. The molecule has 3 aliphatic heterocycles. The number of carbonyl (C=O) groups excluding carboxylic acids is 4. The van der Waals surface area contributed by atoms with Gasteiger partial charge in [0.2, 0.25) is 11.7 Å². The zero-order valence-corrected chi connectivity index (χ0v) is 26.4. The summed E-state index contributed by atoms with van der Waals surface area (Å²) >= 11 is 0. The minimum atomic E-state index is -1.21. The van der Waals surface area contributed by atoms with Crippen LogP contribution in [0.25, 0.3) is 0 Å². The van der Waals surface area contributed by atoms with Gasteiger partial charge in [-0.15, -0.1) is 0 Å². The van der Waals surface area contributed by atoms with Crippen LogP contribution >= 0.6 is 0 Å². The Kier molecular flexibility index (Phi) is 8.47. The number of piperazine rings is 1. The van der Waals surface area contributed by atoms with E-state index in [0.29, 0.717) is 63.0 Å². The number of rotatable bonds is 5. The van der Waals surface area contributed by atoms with Crippen LogP contribution in [0, 0.1) is 12.7 Å². The first-order valence-electron chi connectivity index (χ1n) is 15.1. The molecule has 0 spiro atoms. The molecule has 2 fully saturated rings. The highest BCUT2D eigenvalue weighted by Gasteiger charge is 2.56. The van der Waals surface area contributed by atoms with Crippen LogP contribution in [0.4, 0.5) is 4.39 Å². The van der Waals surface area contributed by atoms with Gasteiger partial charge in [0.1, 0.15) is 17.2 Å². The minimum Gasteiger partial charge on any atom is -0.501 e. The van der Waals surface area contributed by atoms with Gasteiger partial charge in [0.05, 0.1) is 0 Å². The van der Waals surface area contributed by atoms with Crippen molar-refractivity contribution in [1.29, 1.82) is 0 Å². The van der Waals surface area contributed by atoms with Crippen molar-refractivity contribution in [3.05, 3.63) is 57.0 Å². The van der Waals surface area contributed by atoms with E-state index < -0.39 is 45.8 Å². The van der Waals surface area contributed by atoms with Crippen LogP contribution in [0.2, 0.25) is 0 Å². The van der Waals surface area contributed by atoms with Crippen molar-refractivity contribution < 1.29 is 28.7 Å². The normalized spacial score (nSPS) is 22.8. The van der Waals surface area contributed by atoms with Crippen molar-refractivity contribution in [2.75, 3.05) is 47.3 Å². The minimum absolute atomic E-state index is 0.00238. The lowest BCUT2D eigenvalue weighted by atomic mass is 9.71. The highest BCUT2D eigenvalue weighted by atomic mass is 19.1. The van der Waals surface area contributed by atoms with Crippen LogP contribution in [0.3, 0.4) is 0 Å². The predicted octanol–water partition coefficient (Wildman–Crippen LogP) is 0.559. The third kappa shape index (κ3) is 5.55. The first kappa shape index (κ1) is 32.1. The van der Waals surface area contributed by atoms with Crippen molar-refractivity contribution in [2.45, 2.75) is 63.7 Å². The van der Waals surface area contributed by atoms with Gasteiger partial charge in [-0.2, -0.15) is 0 Å². The van der Waals surface area contributed by atoms with Gasteiger partial charge in [0, 0.05) is 72.9 Å². The maximum atomic E-state index is 13.9. The second kappa shape index (κ2) is 11.9. The number of aromatic nitrogens is 2. The second-order valence-electron chi connectivity index (χ2n) is 12.6. The average molecular weight is 626 g/mol. The smallest absolute Gasteiger partial charge is 0.312 e. The first-order chi connectivity index (χ1) is 21.2. The molecule has 14 heteroatoms. The SMILES string of the molecule is CC(=O)N1CCN(C23CCC(N(C)C(=O)C(=O)N(C)C)(CC2)c2nc(C(=O)NCc4ccc(F)c(C)c4)c(O)c(=O)n2C3)CC1. The van der Waals surface area contributed by atoms with Crippen LogP contribution in [-0.4, -0.2) is 111 Å². The molecule has 1 aromatic heterocycles. The van der Waals surface area contributed by atoms with Crippen LogP contribution in [0.1, 0.15) is 60.0 Å². The third-order valence-corrected chi connectivity index (χ3v) is 9.84. The molecule has 0 radical (unpaired) electrons. The molecule has 1 saturated heterocycles. The van der Waals surface area contributed by atoms with Crippen LogP contribution in [0.5, 0.6) is 5.75 Å². The highest BCUT2D eigenvalue weighted by molar-refractivity contribution is 6.34. The summed E-state index contributed by atoms with van der Waals surface area (Å²) in [6.07, 6.45) is 1.82. The van der Waals surface area contributed by atoms with Crippen molar-refractivity contribution in [3.63, 3.8) is 0 Å². The number of halogens is 1. The largest absolute Gasteiger partial charge is 0.501 e. The molecule has 2 aromatic rings. The Morgan fingerprint density at radius 1 is 1.02 bits per heavy atom. The number of likely N-dealkylation sites (N-methyl/N-ethyl adjacent to an activating group) is 2. The fourth-order valence-corrected chi connectivity index (χ4v) is 7.02. The molecule has 45 heavy (non-hydrogen) atoms. The van der Waals surface area contributed by atoms with Gasteiger partial charge >= 0.3 is 11.8 Å². The number of hydrogen-bond acceptors (Lipinski definition) is 8. The number of hydrogen-bond donors (Lipinski definition) is 2. The quantitative estimate of drug-likeness (QED) is 0.458. The molecule has 13 nitrogen and oxygen atoms in total. The molecule has 0 unspecified atom stereocenters. The van der Waals surface area contributed by atoms with E-state index in [4.69, 9.17) is 0 Å². The summed E-state index contributed by atoms with van der Waals surface area (Å²) in [7, 11) is 4.46. The van der Waals surface area contributed by atoms with E-state index in [0.717, 1.165) is 0 Å². The number of amides is 4. The Labute approximate surface area is 260 Å². The molecule has 4 amide bonds. The molecule has 242 valence electrons. The monoisotopic (exact) mass is 625 g/mol. The van der Waals surface area contributed by atoms with Crippen molar-refractivity contribution in [2.24, 2.45) is 0 Å². The Bertz CT molecular complexity index is 1610. The van der Waals surface area contributed by atoms with E-state index >= 15 is 0 Å². The molecule has 2 bridgehead atoms. The summed E-state index contributed by atoms with van der Waals surface area (Å²) in [6, 6.07) is 4.40. The number of benzene rings is 1. The summed E-state index contributed by atoms with van der Waals surface area (Å²) in [5.41, 5.74) is -2.03. The lowest BCUT2D eigenvalue weighted by Crippen LogP contribution is -2.61. The second-order valence-corrected chi connectivity index (χ2v) is 12.6. The van der Waals surface area contributed by atoms with Gasteiger partial charge in [-0.25, -0.2) is 9.37 Å². The van der Waals surface area contributed by atoms with Gasteiger partial charge in [-0.1, -0.05) is 12.1 Å². The lowest BCUT2D eigenvalue weighted by molar-refractivity contribution is -0.155. The predicted molar refractivity (Wildman–Crippen MR) is 161 cm³/mol. The van der Waals surface area contributed by atoms with E-state index in [9.17, 15) is 33.5 Å². The van der Waals surface area contributed by atoms with Gasteiger partial charge in [0.15, 0.2) is 5.69 Å². The molecule has 4 aliphatic rings. The molecule has 1 saturated carbocycles. The number of nitrogens with one attached hydrogen (secondary N) is 1. The van der Waals surface area contributed by atoms with Crippen LogP contribution < -0.4 is 10.9 Å². The molecule has 1 aromatic carbocycles. The van der Waals surface area contributed by atoms with E-state index in [1.54, 1.807) is 17.9 Å². The molecular formula is C31H40FN7O6. The van der Waals surface area contributed by atoms with Gasteiger partial charge in [-0.05, 0) is 49.8 Å². The maximum absolute atomic E-state index is 13.9. The van der Waals surface area contributed by atoms with Gasteiger partial charge < -0.3 is 25.1 Å². The fraction of sp³-hybridized carbons (Fsp3) is 0.548. The standard InChI is InChI=1S/C31H40FN7O6/c1-19-16-21(6-7-22(19)32)17-33-25(42)23-24(41)26(43)39-18-30(38-14-12-37(13-15-38)20(2)40)8-10-31(11-9-30,29(39)34-23)36(5)28(45)27(44)35(3)4/h6-7,16,41H,8-15,17-18H2,1-5H3,(H,33,42). The van der Waals surface area contributed by atoms with Crippen LogP contribution in [0.15, 0.2) is 23.0 Å². The van der Waals surface area contributed by atoms with Crippen molar-refractivity contribution >= 4 is 23.6 Å².